The zero-order chi connectivity index (χ0) is 24.9. The van der Waals surface area contributed by atoms with Crippen molar-refractivity contribution in [1.82, 2.24) is 19.6 Å². The lowest BCUT2D eigenvalue weighted by Gasteiger charge is -2.34. The van der Waals surface area contributed by atoms with E-state index >= 15 is 0 Å². The summed E-state index contributed by atoms with van der Waals surface area (Å²) in [6.45, 7) is 6.57. The van der Waals surface area contributed by atoms with E-state index in [1.807, 2.05) is 72.5 Å². The fourth-order valence-electron chi connectivity index (χ4n) is 4.63. The van der Waals surface area contributed by atoms with Crippen LogP contribution in [-0.4, -0.2) is 58.3 Å². The van der Waals surface area contributed by atoms with Crippen molar-refractivity contribution in [3.8, 4) is 5.75 Å². The number of benzene rings is 3. The molecule has 0 saturated carbocycles. The van der Waals surface area contributed by atoms with Crippen LogP contribution in [0.3, 0.4) is 0 Å². The van der Waals surface area contributed by atoms with Crippen molar-refractivity contribution >= 4 is 16.7 Å². The largest absolute Gasteiger partial charge is 0.494 e. The van der Waals surface area contributed by atoms with Crippen molar-refractivity contribution in [2.75, 3.05) is 32.8 Å². The molecule has 3 aromatic carbocycles. The molecule has 4 aromatic rings. The Morgan fingerprint density at radius 3 is 2.14 bits per heavy atom. The fourth-order valence-corrected chi connectivity index (χ4v) is 4.63. The van der Waals surface area contributed by atoms with Gasteiger partial charge in [-0.2, -0.15) is 5.10 Å². The lowest BCUT2D eigenvalue weighted by atomic mass is 10.1. The molecule has 7 nitrogen and oxygen atoms in total. The van der Waals surface area contributed by atoms with E-state index in [0.29, 0.717) is 42.7 Å². The van der Waals surface area contributed by atoms with Crippen LogP contribution in [0.4, 0.5) is 0 Å². The highest BCUT2D eigenvalue weighted by Gasteiger charge is 2.26. The minimum absolute atomic E-state index is 0.131. The average Bonchev–Trinajstić information content (AvgIpc) is 2.92. The number of ether oxygens (including phenoxy) is 1. The molecule has 1 aliphatic heterocycles. The quantitative estimate of drug-likeness (QED) is 0.401. The fraction of sp³-hybridized carbons (Fsp3) is 0.276. The molecule has 1 aliphatic rings. The Hall–Kier alpha value is -3.97. The number of hydrogen-bond acceptors (Lipinski definition) is 5. The van der Waals surface area contributed by atoms with Crippen molar-refractivity contribution in [2.45, 2.75) is 20.0 Å². The standard InChI is InChI=1S/C29H30N4O3/c1-2-36-24-14-12-23(13-15-24)20-31-16-18-32(19-17-31)29(35)27-25-10-6-7-11-26(25)28(34)33(30-27)21-22-8-4-3-5-9-22/h3-15H,2,16-21H2,1H3. The molecule has 0 bridgehead atoms. The van der Waals surface area contributed by atoms with E-state index in [0.717, 1.165) is 30.9 Å². The first-order chi connectivity index (χ1) is 17.6. The van der Waals surface area contributed by atoms with Gasteiger partial charge < -0.3 is 9.64 Å². The Morgan fingerprint density at radius 2 is 1.44 bits per heavy atom. The molecule has 2 heterocycles. The molecule has 0 spiro atoms. The number of carbonyl (C=O) groups is 1. The summed E-state index contributed by atoms with van der Waals surface area (Å²) in [5.41, 5.74) is 2.33. The van der Waals surface area contributed by atoms with Gasteiger partial charge in [-0.05, 0) is 36.2 Å². The van der Waals surface area contributed by atoms with E-state index in [2.05, 4.69) is 22.1 Å². The summed E-state index contributed by atoms with van der Waals surface area (Å²) in [5.74, 6) is 0.749. The van der Waals surface area contributed by atoms with Crippen LogP contribution in [0, 0.1) is 0 Å². The summed E-state index contributed by atoms with van der Waals surface area (Å²) >= 11 is 0. The van der Waals surface area contributed by atoms with Gasteiger partial charge in [0.05, 0.1) is 18.5 Å². The van der Waals surface area contributed by atoms with Gasteiger partial charge in [0.25, 0.3) is 11.5 Å². The molecular weight excluding hydrogens is 452 g/mol. The highest BCUT2D eigenvalue weighted by atomic mass is 16.5. The van der Waals surface area contributed by atoms with Crippen LogP contribution in [-0.2, 0) is 13.1 Å². The maximum absolute atomic E-state index is 13.6. The summed E-state index contributed by atoms with van der Waals surface area (Å²) in [5, 5.41) is 5.69. The molecule has 0 aliphatic carbocycles. The summed E-state index contributed by atoms with van der Waals surface area (Å²) in [6.07, 6.45) is 0. The smallest absolute Gasteiger partial charge is 0.275 e. The van der Waals surface area contributed by atoms with Crippen LogP contribution in [0.15, 0.2) is 83.7 Å². The third-order valence-corrected chi connectivity index (χ3v) is 6.55. The van der Waals surface area contributed by atoms with E-state index in [9.17, 15) is 9.59 Å². The van der Waals surface area contributed by atoms with Crippen LogP contribution in [0.1, 0.15) is 28.5 Å². The van der Waals surface area contributed by atoms with E-state index in [-0.39, 0.29) is 11.5 Å². The first-order valence-electron chi connectivity index (χ1n) is 12.4. The van der Waals surface area contributed by atoms with E-state index in [1.54, 1.807) is 6.07 Å². The number of amides is 1. The lowest BCUT2D eigenvalue weighted by Crippen LogP contribution is -2.48. The molecule has 1 amide bonds. The van der Waals surface area contributed by atoms with Gasteiger partial charge in [0.1, 0.15) is 5.75 Å². The third kappa shape index (κ3) is 5.16. The van der Waals surface area contributed by atoms with Crippen LogP contribution >= 0.6 is 0 Å². The maximum atomic E-state index is 13.6. The van der Waals surface area contributed by atoms with Crippen LogP contribution in [0.25, 0.3) is 10.8 Å². The van der Waals surface area contributed by atoms with Crippen molar-refractivity contribution in [3.05, 3.63) is 106 Å². The number of carbonyl (C=O) groups excluding carboxylic acids is 1. The van der Waals surface area contributed by atoms with Gasteiger partial charge in [-0.1, -0.05) is 60.7 Å². The second-order valence-electron chi connectivity index (χ2n) is 8.99. The molecule has 7 heteroatoms. The van der Waals surface area contributed by atoms with Crippen molar-refractivity contribution in [1.29, 1.82) is 0 Å². The number of piperazine rings is 1. The topological polar surface area (TPSA) is 67.7 Å². The highest BCUT2D eigenvalue weighted by molar-refractivity contribution is 6.04. The van der Waals surface area contributed by atoms with Gasteiger partial charge in [0, 0.05) is 38.1 Å². The first-order valence-corrected chi connectivity index (χ1v) is 12.4. The first kappa shape index (κ1) is 23.8. The number of aromatic nitrogens is 2. The van der Waals surface area contributed by atoms with E-state index in [1.165, 1.54) is 10.2 Å². The maximum Gasteiger partial charge on any atom is 0.275 e. The summed E-state index contributed by atoms with van der Waals surface area (Å²) in [6, 6.07) is 25.1. The Balaban J connectivity index is 1.32. The molecule has 184 valence electrons. The SMILES string of the molecule is CCOc1ccc(CN2CCN(C(=O)c3nn(Cc4ccccc4)c(=O)c4ccccc34)CC2)cc1. The molecule has 0 atom stereocenters. The molecule has 5 rings (SSSR count). The molecule has 0 unspecified atom stereocenters. The molecule has 0 N–H and O–H groups in total. The van der Waals surface area contributed by atoms with Gasteiger partial charge in [-0.15, -0.1) is 0 Å². The monoisotopic (exact) mass is 482 g/mol. The Labute approximate surface area is 210 Å². The predicted molar refractivity (Wildman–Crippen MR) is 140 cm³/mol. The minimum atomic E-state index is -0.189. The van der Waals surface area contributed by atoms with Crippen molar-refractivity contribution < 1.29 is 9.53 Å². The summed E-state index contributed by atoms with van der Waals surface area (Å²) < 4.78 is 6.94. The van der Waals surface area contributed by atoms with Gasteiger partial charge in [-0.3, -0.25) is 14.5 Å². The van der Waals surface area contributed by atoms with E-state index < -0.39 is 0 Å². The number of fused-ring (bicyclic) bond motifs is 1. The van der Waals surface area contributed by atoms with Crippen LogP contribution in [0.5, 0.6) is 5.75 Å². The van der Waals surface area contributed by atoms with E-state index in [4.69, 9.17) is 4.74 Å². The zero-order valence-corrected chi connectivity index (χ0v) is 20.5. The highest BCUT2D eigenvalue weighted by Crippen LogP contribution is 2.18. The Kier molecular flexibility index (Phi) is 7.09. The number of hydrogen-bond donors (Lipinski definition) is 0. The molecule has 0 radical (unpaired) electrons. The molecule has 1 saturated heterocycles. The summed E-state index contributed by atoms with van der Waals surface area (Å²) in [4.78, 5) is 30.9. The van der Waals surface area contributed by atoms with Gasteiger partial charge in [-0.25, -0.2) is 4.68 Å². The van der Waals surface area contributed by atoms with Crippen molar-refractivity contribution in [2.24, 2.45) is 0 Å². The van der Waals surface area contributed by atoms with Crippen molar-refractivity contribution in [3.63, 3.8) is 0 Å². The molecule has 36 heavy (non-hydrogen) atoms. The number of nitrogens with zero attached hydrogens (tertiary/aromatic N) is 4. The van der Waals surface area contributed by atoms with Gasteiger partial charge in [0.15, 0.2) is 5.69 Å². The normalized spacial score (nSPS) is 14.2. The van der Waals surface area contributed by atoms with Gasteiger partial charge in [0.2, 0.25) is 0 Å². The number of rotatable bonds is 7. The minimum Gasteiger partial charge on any atom is -0.494 e. The molecule has 1 fully saturated rings. The zero-order valence-electron chi connectivity index (χ0n) is 20.5. The van der Waals surface area contributed by atoms with Crippen LogP contribution in [0.2, 0.25) is 0 Å². The third-order valence-electron chi connectivity index (χ3n) is 6.55. The summed E-state index contributed by atoms with van der Waals surface area (Å²) in [7, 11) is 0. The molecular formula is C29H30N4O3. The lowest BCUT2D eigenvalue weighted by molar-refractivity contribution is 0.0622. The second kappa shape index (κ2) is 10.7. The average molecular weight is 483 g/mol. The van der Waals surface area contributed by atoms with Gasteiger partial charge >= 0.3 is 0 Å². The van der Waals surface area contributed by atoms with Crippen LogP contribution < -0.4 is 10.3 Å². The Bertz CT molecular complexity index is 1390. The predicted octanol–water partition coefficient (Wildman–Crippen LogP) is 3.80. The Morgan fingerprint density at radius 1 is 0.806 bits per heavy atom. The molecule has 1 aromatic heterocycles. The second-order valence-corrected chi connectivity index (χ2v) is 8.99.